The van der Waals surface area contributed by atoms with Crippen molar-refractivity contribution < 1.29 is 36.2 Å². The fourth-order valence-corrected chi connectivity index (χ4v) is 6.44. The maximum atomic E-state index is 15.1. The molecule has 42 heavy (non-hydrogen) atoms. The van der Waals surface area contributed by atoms with Crippen LogP contribution in [0.2, 0.25) is 0 Å². The van der Waals surface area contributed by atoms with Crippen molar-refractivity contribution in [2.24, 2.45) is 0 Å². The van der Waals surface area contributed by atoms with Crippen molar-refractivity contribution in [2.75, 3.05) is 43.9 Å². The van der Waals surface area contributed by atoms with Crippen LogP contribution < -0.4 is 10.6 Å². The number of carbonyl (C=O) groups excluding carboxylic acids is 1. The van der Waals surface area contributed by atoms with E-state index in [1.807, 2.05) is 0 Å². The Labute approximate surface area is 242 Å². The van der Waals surface area contributed by atoms with Crippen molar-refractivity contribution in [3.05, 3.63) is 51.9 Å². The minimum atomic E-state index is -4.93. The number of alkyl halides is 3. The Hall–Kier alpha value is -3.39. The lowest BCUT2D eigenvalue weighted by molar-refractivity contribution is -0.137. The number of anilines is 1. The first-order valence-electron chi connectivity index (χ1n) is 13.2. The number of thioether (sulfide) groups is 1. The number of amides is 1. The molecule has 2 aliphatic rings. The Balaban J connectivity index is 1.71. The van der Waals surface area contributed by atoms with E-state index in [1.165, 1.54) is 16.6 Å². The van der Waals surface area contributed by atoms with Gasteiger partial charge in [0.2, 0.25) is 0 Å². The molecule has 1 fully saturated rings. The number of nitrogens with zero attached hydrogens (tertiary/aromatic N) is 4. The second-order valence-electron chi connectivity index (χ2n) is 11.1. The number of hydrogen-bond donors (Lipinski definition) is 0. The lowest BCUT2D eigenvalue weighted by Gasteiger charge is -2.36. The largest absolute Gasteiger partial charge is 0.444 e. The van der Waals surface area contributed by atoms with E-state index in [2.05, 4.69) is 4.98 Å². The molecule has 0 N–H and O–H groups in total. The Morgan fingerprint density at radius 3 is 2.36 bits per heavy atom. The zero-order valence-electron chi connectivity index (χ0n) is 23.3. The van der Waals surface area contributed by atoms with Gasteiger partial charge in [0.05, 0.1) is 23.7 Å². The summed E-state index contributed by atoms with van der Waals surface area (Å²) in [6.07, 6.45) is -5.99. The van der Waals surface area contributed by atoms with E-state index in [0.29, 0.717) is 6.07 Å². The molecular weight excluding hydrogens is 583 g/mol. The van der Waals surface area contributed by atoms with Gasteiger partial charge in [0, 0.05) is 66.5 Å². The van der Waals surface area contributed by atoms with Crippen molar-refractivity contribution >= 4 is 34.6 Å². The molecule has 1 atom stereocenters. The first-order valence-corrected chi connectivity index (χ1v) is 14.2. The number of ether oxygens (including phenoxy) is 2. The summed E-state index contributed by atoms with van der Waals surface area (Å²) in [4.78, 5) is 33.4. The molecule has 3 heterocycles. The van der Waals surface area contributed by atoms with Crippen LogP contribution in [-0.2, 0) is 22.2 Å². The van der Waals surface area contributed by atoms with E-state index in [9.17, 15) is 27.2 Å². The van der Waals surface area contributed by atoms with Gasteiger partial charge in [-0.3, -0.25) is 4.57 Å². The SMILES string of the molecule is COC1CSc2c(-c3ccc(F)cc3F)c(C(F)(F)F)cc3c(N4CCN(C(=O)OC(C)(C)C)CC4)nc(=O)n(c23)C1. The number of benzene rings is 2. The standard InChI is InChI=1S/C28H29F5N4O4S/c1-27(2,3)41-26(39)36-9-7-35(8-10-36)24-18-12-19(28(31,32)33)21(17-6-5-15(29)11-20(17)30)23-22(18)37(25(38)34-24)13-16(40-4)14-42-23/h5-6,11-12,16H,7-10,13-14H2,1-4H3. The highest BCUT2D eigenvalue weighted by Crippen LogP contribution is 2.48. The molecular formula is C28H29F5N4O4S. The summed E-state index contributed by atoms with van der Waals surface area (Å²) in [5.41, 5.74) is -3.30. The van der Waals surface area contributed by atoms with Gasteiger partial charge < -0.3 is 19.3 Å². The number of hydrogen-bond acceptors (Lipinski definition) is 7. The number of halogens is 5. The third-order valence-corrected chi connectivity index (χ3v) is 8.29. The minimum Gasteiger partial charge on any atom is -0.444 e. The van der Waals surface area contributed by atoms with Crippen LogP contribution >= 0.6 is 11.8 Å². The normalized spacial score (nSPS) is 17.9. The molecule has 1 saturated heterocycles. The van der Waals surface area contributed by atoms with Gasteiger partial charge in [0.25, 0.3) is 0 Å². The minimum absolute atomic E-state index is 0.0161. The van der Waals surface area contributed by atoms with Crippen molar-refractivity contribution in [3.63, 3.8) is 0 Å². The fourth-order valence-electron chi connectivity index (χ4n) is 5.13. The topological polar surface area (TPSA) is 76.9 Å². The molecule has 226 valence electrons. The molecule has 1 aromatic heterocycles. The van der Waals surface area contributed by atoms with E-state index in [1.54, 1.807) is 25.7 Å². The van der Waals surface area contributed by atoms with Crippen LogP contribution in [0.1, 0.15) is 26.3 Å². The van der Waals surface area contributed by atoms with E-state index in [-0.39, 0.29) is 60.1 Å². The fraction of sp³-hybridized carbons (Fsp3) is 0.464. The highest BCUT2D eigenvalue weighted by atomic mass is 32.2. The Morgan fingerprint density at radius 1 is 1.07 bits per heavy atom. The van der Waals surface area contributed by atoms with E-state index < -0.39 is 58.0 Å². The summed E-state index contributed by atoms with van der Waals surface area (Å²) in [5.74, 6) is -1.89. The van der Waals surface area contributed by atoms with Crippen molar-refractivity contribution in [1.82, 2.24) is 14.5 Å². The summed E-state index contributed by atoms with van der Waals surface area (Å²) in [7, 11) is 1.43. The summed E-state index contributed by atoms with van der Waals surface area (Å²) >= 11 is 1.01. The first kappa shape index (κ1) is 30.1. The second kappa shape index (κ2) is 11.0. The third kappa shape index (κ3) is 5.78. The van der Waals surface area contributed by atoms with Gasteiger partial charge in [-0.2, -0.15) is 18.2 Å². The van der Waals surface area contributed by atoms with Crippen LogP contribution in [0, 0.1) is 11.6 Å². The summed E-state index contributed by atoms with van der Waals surface area (Å²) in [5, 5.41) is 0.0539. The Morgan fingerprint density at radius 2 is 1.76 bits per heavy atom. The predicted molar refractivity (Wildman–Crippen MR) is 148 cm³/mol. The molecule has 0 spiro atoms. The Kier molecular flexibility index (Phi) is 7.90. The summed E-state index contributed by atoms with van der Waals surface area (Å²) in [6, 6.07) is 3.27. The number of methoxy groups -OCH3 is 1. The van der Waals surface area contributed by atoms with Crippen LogP contribution in [0.3, 0.4) is 0 Å². The zero-order chi connectivity index (χ0) is 30.6. The third-order valence-electron chi connectivity index (χ3n) is 7.07. The number of carbonyl (C=O) groups is 1. The molecule has 5 rings (SSSR count). The summed E-state index contributed by atoms with van der Waals surface area (Å²) < 4.78 is 85.1. The van der Waals surface area contributed by atoms with Gasteiger partial charge in [-0.05, 0) is 39.0 Å². The molecule has 0 bridgehead atoms. The maximum Gasteiger partial charge on any atom is 0.417 e. The molecule has 2 aromatic carbocycles. The van der Waals surface area contributed by atoms with Crippen molar-refractivity contribution in [1.29, 1.82) is 0 Å². The van der Waals surface area contributed by atoms with Gasteiger partial charge >= 0.3 is 18.0 Å². The second-order valence-corrected chi connectivity index (χ2v) is 12.1. The molecule has 1 unspecified atom stereocenters. The summed E-state index contributed by atoms with van der Waals surface area (Å²) in [6.45, 7) is 6.00. The molecule has 14 heteroatoms. The lowest BCUT2D eigenvalue weighted by atomic mass is 9.95. The number of aromatic nitrogens is 2. The molecule has 2 aliphatic heterocycles. The van der Waals surface area contributed by atoms with Crippen LogP contribution in [-0.4, -0.2) is 71.3 Å². The monoisotopic (exact) mass is 612 g/mol. The molecule has 1 amide bonds. The quantitative estimate of drug-likeness (QED) is 0.360. The number of piperazine rings is 1. The van der Waals surface area contributed by atoms with Crippen LogP contribution in [0.5, 0.6) is 0 Å². The van der Waals surface area contributed by atoms with Gasteiger partial charge in [-0.15, -0.1) is 11.8 Å². The van der Waals surface area contributed by atoms with Crippen LogP contribution in [0.4, 0.5) is 32.6 Å². The molecule has 0 radical (unpaired) electrons. The van der Waals surface area contributed by atoms with Crippen molar-refractivity contribution in [3.8, 4) is 11.1 Å². The van der Waals surface area contributed by atoms with Gasteiger partial charge in [0.15, 0.2) is 0 Å². The average Bonchev–Trinajstić information content (AvgIpc) is 3.10. The number of rotatable bonds is 3. The smallest absolute Gasteiger partial charge is 0.417 e. The molecule has 0 aliphatic carbocycles. The highest BCUT2D eigenvalue weighted by Gasteiger charge is 2.39. The van der Waals surface area contributed by atoms with Crippen molar-refractivity contribution in [2.45, 2.75) is 50.1 Å². The molecule has 0 saturated carbocycles. The molecule has 8 nitrogen and oxygen atoms in total. The van der Waals surface area contributed by atoms with E-state index in [0.717, 1.165) is 30.0 Å². The van der Waals surface area contributed by atoms with E-state index >= 15 is 4.39 Å². The highest BCUT2D eigenvalue weighted by molar-refractivity contribution is 7.99. The van der Waals surface area contributed by atoms with Gasteiger partial charge in [0.1, 0.15) is 23.1 Å². The van der Waals surface area contributed by atoms with Crippen LogP contribution in [0.25, 0.3) is 22.0 Å². The van der Waals surface area contributed by atoms with Crippen LogP contribution in [0.15, 0.2) is 34.0 Å². The average molecular weight is 613 g/mol. The first-order chi connectivity index (χ1) is 19.7. The predicted octanol–water partition coefficient (Wildman–Crippen LogP) is 5.54. The maximum absolute atomic E-state index is 15.1. The van der Waals surface area contributed by atoms with Gasteiger partial charge in [-0.25, -0.2) is 18.4 Å². The Bertz CT molecular complexity index is 1600. The lowest BCUT2D eigenvalue weighted by Crippen LogP contribution is -2.50. The molecule has 3 aromatic rings. The van der Waals surface area contributed by atoms with Gasteiger partial charge in [-0.1, -0.05) is 0 Å². The van der Waals surface area contributed by atoms with E-state index in [4.69, 9.17) is 9.47 Å². The zero-order valence-corrected chi connectivity index (χ0v) is 24.2.